The molecule has 0 spiro atoms. The van der Waals surface area contributed by atoms with Crippen molar-refractivity contribution in [2.75, 3.05) is 41.0 Å². The summed E-state index contributed by atoms with van der Waals surface area (Å²) in [7, 11) is 3.49. The Balaban J connectivity index is 1.33. The number of likely N-dealkylation sites (N-methyl/N-ethyl adjacent to an activating group) is 1. The van der Waals surface area contributed by atoms with Gasteiger partial charge in [0, 0.05) is 31.0 Å². The van der Waals surface area contributed by atoms with Crippen LogP contribution in [0.4, 0.5) is 0 Å². The molecule has 0 aliphatic rings. The van der Waals surface area contributed by atoms with E-state index in [1.54, 1.807) is 43.1 Å². The van der Waals surface area contributed by atoms with Gasteiger partial charge in [-0.3, -0.25) is 0 Å². The molecule has 0 N–H and O–H groups in total. The minimum absolute atomic E-state index is 0.0654. The molecule has 0 atom stereocenters. The minimum Gasteiger partial charge on any atom is -0.494 e. The molecule has 0 amide bonds. The molecule has 8 heteroatoms. The maximum Gasteiger partial charge on any atom is 0.222 e. The first-order chi connectivity index (χ1) is 19.2. The largest absolute Gasteiger partial charge is 0.494 e. The zero-order chi connectivity index (χ0) is 28.9. The summed E-state index contributed by atoms with van der Waals surface area (Å²) in [6, 6.07) is 20.6. The summed E-state index contributed by atoms with van der Waals surface area (Å²) in [5.74, 6) is 2.20. The minimum atomic E-state index is -3.71. The van der Waals surface area contributed by atoms with Gasteiger partial charge >= 0.3 is 0 Å². The molecule has 214 valence electrons. The Bertz CT molecular complexity index is 1540. The fourth-order valence-electron chi connectivity index (χ4n) is 5.10. The van der Waals surface area contributed by atoms with E-state index in [1.165, 1.54) is 5.56 Å². The van der Waals surface area contributed by atoms with E-state index >= 15 is 0 Å². The highest BCUT2D eigenvalue weighted by Gasteiger charge is 2.29. The zero-order valence-electron chi connectivity index (χ0n) is 24.3. The number of methoxy groups -OCH3 is 2. The van der Waals surface area contributed by atoms with E-state index in [0.29, 0.717) is 17.4 Å². The van der Waals surface area contributed by atoms with Crippen molar-refractivity contribution >= 4 is 20.7 Å². The average molecular weight is 565 g/mol. The molecule has 1 aromatic heterocycles. The second-order valence-electron chi connectivity index (χ2n) is 10.4. The Morgan fingerprint density at radius 2 is 1.60 bits per heavy atom. The summed E-state index contributed by atoms with van der Waals surface area (Å²) >= 11 is 0. The first kappa shape index (κ1) is 29.5. The monoisotopic (exact) mass is 564 g/mol. The van der Waals surface area contributed by atoms with Gasteiger partial charge in [0.25, 0.3) is 0 Å². The van der Waals surface area contributed by atoms with E-state index < -0.39 is 9.84 Å². The van der Waals surface area contributed by atoms with Crippen LogP contribution in [0.1, 0.15) is 37.3 Å². The van der Waals surface area contributed by atoms with Crippen LogP contribution in [0, 0.1) is 0 Å². The van der Waals surface area contributed by atoms with Crippen LogP contribution >= 0.6 is 0 Å². The third-order valence-electron chi connectivity index (χ3n) is 7.24. The Labute approximate surface area is 238 Å². The first-order valence-corrected chi connectivity index (χ1v) is 15.1. The number of aryl methyl sites for hydroxylation is 1. The Morgan fingerprint density at radius 3 is 2.27 bits per heavy atom. The van der Waals surface area contributed by atoms with E-state index in [1.807, 2.05) is 57.3 Å². The van der Waals surface area contributed by atoms with E-state index in [9.17, 15) is 8.42 Å². The van der Waals surface area contributed by atoms with Crippen LogP contribution in [0.25, 0.3) is 10.9 Å². The van der Waals surface area contributed by atoms with Crippen LogP contribution in [0.15, 0.2) is 76.7 Å². The zero-order valence-corrected chi connectivity index (χ0v) is 25.1. The normalized spacial score (nSPS) is 11.9. The summed E-state index contributed by atoms with van der Waals surface area (Å²) in [4.78, 5) is 2.54. The third-order valence-corrected chi connectivity index (χ3v) is 9.14. The van der Waals surface area contributed by atoms with Gasteiger partial charge in [-0.25, -0.2) is 8.42 Å². The Kier molecular flexibility index (Phi) is 9.43. The standard InChI is InChI=1S/C32H40N2O5S/c1-23(2)31-27-10-7-8-11-28(27)34(4)32(31)40(35,36)26-15-13-25(14-16-26)39-21-9-19-33(3)20-18-24-12-17-29(37-5)30(22-24)38-6/h7-8,10-17,22-23H,9,18-21H2,1-6H3. The summed E-state index contributed by atoms with van der Waals surface area (Å²) in [5, 5.41) is 1.33. The van der Waals surface area contributed by atoms with Crippen molar-refractivity contribution in [2.24, 2.45) is 7.05 Å². The first-order valence-electron chi connectivity index (χ1n) is 13.6. The van der Waals surface area contributed by atoms with Gasteiger partial charge in [0.2, 0.25) is 9.84 Å². The van der Waals surface area contributed by atoms with Crippen molar-refractivity contribution in [1.29, 1.82) is 0 Å². The number of sulfone groups is 1. The van der Waals surface area contributed by atoms with Crippen molar-refractivity contribution in [1.82, 2.24) is 9.47 Å². The van der Waals surface area contributed by atoms with E-state index in [4.69, 9.17) is 14.2 Å². The molecule has 0 aliphatic carbocycles. The van der Waals surface area contributed by atoms with Gasteiger partial charge in [0.1, 0.15) is 10.8 Å². The predicted octanol–water partition coefficient (Wildman–Crippen LogP) is 6.10. The smallest absolute Gasteiger partial charge is 0.222 e. The number of rotatable bonds is 13. The SMILES string of the molecule is COc1ccc(CCN(C)CCCOc2ccc(S(=O)(=O)c3c(C(C)C)c4ccccc4n3C)cc2)cc1OC. The van der Waals surface area contributed by atoms with E-state index in [2.05, 4.69) is 18.0 Å². The molecule has 7 nitrogen and oxygen atoms in total. The summed E-state index contributed by atoms with van der Waals surface area (Å²) in [6.07, 6.45) is 1.76. The summed E-state index contributed by atoms with van der Waals surface area (Å²) in [5.41, 5.74) is 2.96. The molecule has 0 radical (unpaired) electrons. The van der Waals surface area contributed by atoms with Gasteiger partial charge in [-0.05, 0) is 79.4 Å². The van der Waals surface area contributed by atoms with Crippen molar-refractivity contribution < 1.29 is 22.6 Å². The molecule has 1 heterocycles. The maximum atomic E-state index is 13.7. The molecular weight excluding hydrogens is 524 g/mol. The van der Waals surface area contributed by atoms with Crippen LogP contribution in [0.2, 0.25) is 0 Å². The number of benzene rings is 3. The molecule has 0 unspecified atom stereocenters. The highest BCUT2D eigenvalue weighted by molar-refractivity contribution is 7.91. The highest BCUT2D eigenvalue weighted by atomic mass is 32.2. The lowest BCUT2D eigenvalue weighted by atomic mass is 10.0. The topological polar surface area (TPSA) is 70.0 Å². The lowest BCUT2D eigenvalue weighted by molar-refractivity contribution is 0.264. The average Bonchev–Trinajstić information content (AvgIpc) is 3.27. The molecule has 4 aromatic rings. The van der Waals surface area contributed by atoms with Gasteiger partial charge in [-0.15, -0.1) is 0 Å². The number of hydrogen-bond acceptors (Lipinski definition) is 6. The van der Waals surface area contributed by atoms with E-state index in [-0.39, 0.29) is 10.8 Å². The molecular formula is C32H40N2O5S. The van der Waals surface area contributed by atoms with E-state index in [0.717, 1.165) is 53.9 Å². The molecule has 0 saturated carbocycles. The van der Waals surface area contributed by atoms with Crippen LogP contribution in [-0.4, -0.2) is 58.8 Å². The number of para-hydroxylation sites is 1. The molecule has 0 aliphatic heterocycles. The lowest BCUT2D eigenvalue weighted by Crippen LogP contribution is -2.23. The number of nitrogens with zero attached hydrogens (tertiary/aromatic N) is 2. The van der Waals surface area contributed by atoms with Gasteiger partial charge in [-0.2, -0.15) is 0 Å². The quantitative estimate of drug-likeness (QED) is 0.183. The van der Waals surface area contributed by atoms with Crippen LogP contribution < -0.4 is 14.2 Å². The van der Waals surface area contributed by atoms with Gasteiger partial charge in [0.05, 0.1) is 25.7 Å². The van der Waals surface area contributed by atoms with Crippen molar-refractivity contribution in [3.8, 4) is 17.2 Å². The number of ether oxygens (including phenoxy) is 3. The second-order valence-corrected chi connectivity index (χ2v) is 12.2. The number of fused-ring (bicyclic) bond motifs is 1. The van der Waals surface area contributed by atoms with Gasteiger partial charge < -0.3 is 23.7 Å². The van der Waals surface area contributed by atoms with Gasteiger partial charge in [0.15, 0.2) is 11.5 Å². The van der Waals surface area contributed by atoms with Crippen LogP contribution in [0.3, 0.4) is 0 Å². The molecule has 3 aromatic carbocycles. The second kappa shape index (κ2) is 12.8. The maximum absolute atomic E-state index is 13.7. The Morgan fingerprint density at radius 1 is 0.900 bits per heavy atom. The molecule has 4 rings (SSSR count). The Hall–Kier alpha value is -3.49. The predicted molar refractivity (Wildman–Crippen MR) is 160 cm³/mol. The van der Waals surface area contributed by atoms with Crippen molar-refractivity contribution in [2.45, 2.75) is 42.5 Å². The molecule has 0 bridgehead atoms. The van der Waals surface area contributed by atoms with Crippen LogP contribution in [-0.2, 0) is 23.3 Å². The number of hydrogen-bond donors (Lipinski definition) is 0. The van der Waals surface area contributed by atoms with Gasteiger partial charge in [-0.1, -0.05) is 38.1 Å². The van der Waals surface area contributed by atoms with Crippen molar-refractivity contribution in [3.63, 3.8) is 0 Å². The van der Waals surface area contributed by atoms with Crippen molar-refractivity contribution in [3.05, 3.63) is 77.9 Å². The fourth-order valence-corrected chi connectivity index (χ4v) is 6.91. The molecule has 40 heavy (non-hydrogen) atoms. The lowest BCUT2D eigenvalue weighted by Gasteiger charge is -2.17. The highest BCUT2D eigenvalue weighted by Crippen LogP contribution is 2.37. The number of aromatic nitrogens is 1. The molecule has 0 saturated heterocycles. The fraction of sp³-hybridized carbons (Fsp3) is 0.375. The summed E-state index contributed by atoms with van der Waals surface area (Å²) in [6.45, 7) is 6.41. The third kappa shape index (κ3) is 6.29. The summed E-state index contributed by atoms with van der Waals surface area (Å²) < 4.78 is 45.9. The van der Waals surface area contributed by atoms with Crippen LogP contribution in [0.5, 0.6) is 17.2 Å². The molecule has 0 fully saturated rings.